The predicted octanol–water partition coefficient (Wildman–Crippen LogP) is 5.80. The van der Waals surface area contributed by atoms with Crippen LogP contribution in [0.3, 0.4) is 0 Å². The second kappa shape index (κ2) is 5.45. The van der Waals surface area contributed by atoms with Crippen LogP contribution in [0.5, 0.6) is 0 Å². The van der Waals surface area contributed by atoms with Crippen molar-refractivity contribution >= 4 is 28.2 Å². The van der Waals surface area contributed by atoms with Crippen molar-refractivity contribution in [1.29, 1.82) is 0 Å². The number of benzene rings is 1. The first kappa shape index (κ1) is 14.9. The summed E-state index contributed by atoms with van der Waals surface area (Å²) in [6, 6.07) is 6.54. The molecular formula is C20H23ClN2. The van der Waals surface area contributed by atoms with Gasteiger partial charge in [-0.1, -0.05) is 37.1 Å². The summed E-state index contributed by atoms with van der Waals surface area (Å²) in [5.74, 6) is 0.499. The molecule has 2 nitrogen and oxygen atoms in total. The third kappa shape index (κ3) is 2.59. The van der Waals surface area contributed by atoms with Crippen LogP contribution in [0.2, 0.25) is 5.02 Å². The van der Waals surface area contributed by atoms with Gasteiger partial charge in [-0.25, -0.2) is 0 Å². The van der Waals surface area contributed by atoms with E-state index >= 15 is 0 Å². The fraction of sp³-hybridized carbons (Fsp3) is 0.400. The van der Waals surface area contributed by atoms with E-state index in [-0.39, 0.29) is 0 Å². The molecule has 23 heavy (non-hydrogen) atoms. The number of aromatic amines is 1. The van der Waals surface area contributed by atoms with Crippen molar-refractivity contribution < 1.29 is 0 Å². The molecule has 120 valence electrons. The van der Waals surface area contributed by atoms with E-state index in [4.69, 9.17) is 11.6 Å². The first-order chi connectivity index (χ1) is 11.0. The van der Waals surface area contributed by atoms with Crippen LogP contribution in [-0.2, 0) is 0 Å². The quantitative estimate of drug-likeness (QED) is 0.738. The molecule has 0 bridgehead atoms. The molecule has 1 aromatic heterocycles. The summed E-state index contributed by atoms with van der Waals surface area (Å²) in [6.45, 7) is 8.65. The SMILES string of the molecule is CC1=CC2=C(CC1)CN(c1cc3[nH]c(C(C)C)cc3cc1Cl)C2. The third-order valence-corrected chi connectivity index (χ3v) is 5.41. The fourth-order valence-electron chi connectivity index (χ4n) is 3.70. The van der Waals surface area contributed by atoms with Crippen molar-refractivity contribution in [3.8, 4) is 0 Å². The van der Waals surface area contributed by atoms with Crippen molar-refractivity contribution in [2.75, 3.05) is 18.0 Å². The number of aromatic nitrogens is 1. The summed E-state index contributed by atoms with van der Waals surface area (Å²) < 4.78 is 0. The Morgan fingerprint density at radius 2 is 1.96 bits per heavy atom. The summed E-state index contributed by atoms with van der Waals surface area (Å²) in [6.07, 6.45) is 4.78. The van der Waals surface area contributed by atoms with E-state index in [2.05, 4.69) is 54.9 Å². The van der Waals surface area contributed by atoms with Crippen LogP contribution in [-0.4, -0.2) is 18.1 Å². The molecule has 0 saturated heterocycles. The monoisotopic (exact) mass is 326 g/mol. The molecule has 1 aliphatic carbocycles. The molecule has 0 radical (unpaired) electrons. The largest absolute Gasteiger partial charge is 0.362 e. The van der Waals surface area contributed by atoms with Crippen molar-refractivity contribution in [2.24, 2.45) is 0 Å². The number of fused-ring (bicyclic) bond motifs is 1. The Morgan fingerprint density at radius 1 is 1.13 bits per heavy atom. The molecule has 4 rings (SSSR count). The molecule has 0 saturated carbocycles. The smallest absolute Gasteiger partial charge is 0.0647 e. The molecule has 0 atom stereocenters. The minimum Gasteiger partial charge on any atom is -0.362 e. The van der Waals surface area contributed by atoms with Crippen LogP contribution < -0.4 is 4.90 Å². The van der Waals surface area contributed by atoms with Gasteiger partial charge in [0.25, 0.3) is 0 Å². The van der Waals surface area contributed by atoms with Crippen molar-refractivity contribution in [2.45, 2.75) is 39.5 Å². The Hall–Kier alpha value is -1.67. The summed E-state index contributed by atoms with van der Waals surface area (Å²) in [5.41, 5.74) is 8.19. The maximum absolute atomic E-state index is 6.61. The lowest BCUT2D eigenvalue weighted by molar-refractivity contribution is 0.836. The second-order valence-electron chi connectivity index (χ2n) is 7.25. The van der Waals surface area contributed by atoms with Gasteiger partial charge in [0.2, 0.25) is 0 Å². The lowest BCUT2D eigenvalue weighted by Gasteiger charge is -2.20. The first-order valence-electron chi connectivity index (χ1n) is 8.46. The van der Waals surface area contributed by atoms with Gasteiger partial charge in [-0.15, -0.1) is 0 Å². The van der Waals surface area contributed by atoms with E-state index in [9.17, 15) is 0 Å². The normalized spacial score (nSPS) is 18.1. The van der Waals surface area contributed by atoms with E-state index in [1.54, 1.807) is 5.57 Å². The van der Waals surface area contributed by atoms with Crippen LogP contribution in [0.15, 0.2) is 41.0 Å². The lowest BCUT2D eigenvalue weighted by atomic mass is 9.95. The van der Waals surface area contributed by atoms with E-state index in [1.165, 1.54) is 40.6 Å². The van der Waals surface area contributed by atoms with Crippen molar-refractivity contribution in [3.63, 3.8) is 0 Å². The topological polar surface area (TPSA) is 19.0 Å². The van der Waals surface area contributed by atoms with Gasteiger partial charge >= 0.3 is 0 Å². The number of nitrogens with zero attached hydrogens (tertiary/aromatic N) is 1. The Bertz CT molecular complexity index is 839. The van der Waals surface area contributed by atoms with Gasteiger partial charge in [-0.2, -0.15) is 0 Å². The number of hydrogen-bond donors (Lipinski definition) is 1. The average Bonchev–Trinajstić information content (AvgIpc) is 3.08. The Balaban J connectivity index is 1.69. The maximum Gasteiger partial charge on any atom is 0.0647 e. The summed E-state index contributed by atoms with van der Waals surface area (Å²) in [5, 5.41) is 2.06. The minimum absolute atomic E-state index is 0.499. The van der Waals surface area contributed by atoms with Gasteiger partial charge in [0, 0.05) is 29.7 Å². The summed E-state index contributed by atoms with van der Waals surface area (Å²) >= 11 is 6.61. The highest BCUT2D eigenvalue weighted by molar-refractivity contribution is 6.34. The van der Waals surface area contributed by atoms with Crippen LogP contribution in [0.4, 0.5) is 5.69 Å². The Kier molecular flexibility index (Phi) is 3.53. The number of rotatable bonds is 2. The number of anilines is 1. The molecule has 2 aromatic rings. The lowest BCUT2D eigenvalue weighted by Crippen LogP contribution is -2.20. The van der Waals surface area contributed by atoms with Crippen molar-refractivity contribution in [1.82, 2.24) is 4.98 Å². The van der Waals surface area contributed by atoms with Crippen LogP contribution >= 0.6 is 11.6 Å². The molecular weight excluding hydrogens is 304 g/mol. The molecule has 0 unspecified atom stereocenters. The minimum atomic E-state index is 0.499. The summed E-state index contributed by atoms with van der Waals surface area (Å²) in [7, 11) is 0. The zero-order valence-electron chi connectivity index (χ0n) is 14.0. The number of halogens is 1. The average molecular weight is 327 g/mol. The molecule has 3 heteroatoms. The van der Waals surface area contributed by atoms with Gasteiger partial charge < -0.3 is 9.88 Å². The number of nitrogens with one attached hydrogen (secondary N) is 1. The molecule has 1 aromatic carbocycles. The zero-order chi connectivity index (χ0) is 16.1. The fourth-order valence-corrected chi connectivity index (χ4v) is 3.99. The number of hydrogen-bond acceptors (Lipinski definition) is 1. The zero-order valence-corrected chi connectivity index (χ0v) is 14.8. The molecule has 2 heterocycles. The molecule has 0 amide bonds. The number of H-pyrrole nitrogens is 1. The summed E-state index contributed by atoms with van der Waals surface area (Å²) in [4.78, 5) is 5.96. The molecule has 0 fully saturated rings. The maximum atomic E-state index is 6.61. The number of allylic oxidation sites excluding steroid dienone is 1. The third-order valence-electron chi connectivity index (χ3n) is 5.11. The molecule has 2 aliphatic rings. The van der Waals surface area contributed by atoms with E-state index in [1.807, 2.05) is 0 Å². The van der Waals surface area contributed by atoms with E-state index in [0.717, 1.165) is 23.8 Å². The highest BCUT2D eigenvalue weighted by Gasteiger charge is 2.25. The standard InChI is InChI=1S/C20H23ClN2/c1-12(2)18-8-15-7-17(21)20(9-19(15)22-18)23-10-14-5-4-13(3)6-16(14)11-23/h6-9,12,22H,4-5,10-11H2,1-3H3. The van der Waals surface area contributed by atoms with E-state index < -0.39 is 0 Å². The first-order valence-corrected chi connectivity index (χ1v) is 8.84. The van der Waals surface area contributed by atoms with E-state index in [0.29, 0.717) is 5.92 Å². The Labute approximate surface area is 142 Å². The van der Waals surface area contributed by atoms with Crippen LogP contribution in [0.25, 0.3) is 10.9 Å². The molecule has 0 spiro atoms. The highest BCUT2D eigenvalue weighted by atomic mass is 35.5. The van der Waals surface area contributed by atoms with Gasteiger partial charge in [-0.3, -0.25) is 0 Å². The van der Waals surface area contributed by atoms with Gasteiger partial charge in [0.1, 0.15) is 0 Å². The van der Waals surface area contributed by atoms with Gasteiger partial charge in [-0.05, 0) is 55.0 Å². The predicted molar refractivity (Wildman–Crippen MR) is 99.6 cm³/mol. The molecule has 1 aliphatic heterocycles. The molecule has 1 N–H and O–H groups in total. The Morgan fingerprint density at radius 3 is 2.74 bits per heavy atom. The van der Waals surface area contributed by atoms with Crippen molar-refractivity contribution in [3.05, 3.63) is 51.7 Å². The van der Waals surface area contributed by atoms with Crippen LogP contribution in [0, 0.1) is 0 Å². The van der Waals surface area contributed by atoms with Gasteiger partial charge in [0.15, 0.2) is 0 Å². The van der Waals surface area contributed by atoms with Gasteiger partial charge in [0.05, 0.1) is 10.7 Å². The second-order valence-corrected chi connectivity index (χ2v) is 7.65. The van der Waals surface area contributed by atoms with Crippen LogP contribution in [0.1, 0.15) is 45.2 Å². The highest BCUT2D eigenvalue weighted by Crippen LogP contribution is 2.37.